The second-order valence-electron chi connectivity index (χ2n) is 5.02. The first-order valence-corrected chi connectivity index (χ1v) is 6.72. The number of rotatable bonds is 3. The normalized spacial score (nSPS) is 16.6. The molecule has 0 fully saturated rings. The molecule has 2 aromatic rings. The van der Waals surface area contributed by atoms with E-state index in [1.807, 2.05) is 6.07 Å². The Morgan fingerprint density at radius 1 is 1.48 bits per heavy atom. The number of fused-ring (bicyclic) bond motifs is 1. The van der Waals surface area contributed by atoms with Gasteiger partial charge in [0, 0.05) is 18.7 Å². The van der Waals surface area contributed by atoms with Gasteiger partial charge in [-0.2, -0.15) is 5.26 Å². The van der Waals surface area contributed by atoms with Crippen LogP contribution in [0.5, 0.6) is 17.4 Å². The molecule has 8 nitrogen and oxygen atoms in total. The summed E-state index contributed by atoms with van der Waals surface area (Å²) in [6.45, 7) is 0.222. The molecule has 0 spiro atoms. The molecule has 2 heterocycles. The maximum atomic E-state index is 10.2. The number of aromatic amines is 1. The SMILES string of the molecule is COCc1[nH]nc2c1[C@@H](c1ccc(O)cc1O)C(C#N)=C(N)O2. The number of ether oxygens (including phenoxy) is 2. The van der Waals surface area contributed by atoms with Gasteiger partial charge in [0.1, 0.15) is 23.1 Å². The summed E-state index contributed by atoms with van der Waals surface area (Å²) >= 11 is 0. The molecule has 0 amide bonds. The highest BCUT2D eigenvalue weighted by molar-refractivity contribution is 5.58. The Hall–Kier alpha value is -3.18. The van der Waals surface area contributed by atoms with Crippen LogP contribution in [0.4, 0.5) is 0 Å². The van der Waals surface area contributed by atoms with Crippen molar-refractivity contribution in [2.24, 2.45) is 5.73 Å². The molecular formula is C15H14N4O4. The summed E-state index contributed by atoms with van der Waals surface area (Å²) in [5.74, 6) is -0.765. The lowest BCUT2D eigenvalue weighted by molar-refractivity contribution is 0.180. The number of allylic oxidation sites excluding steroid dienone is 1. The summed E-state index contributed by atoms with van der Waals surface area (Å²) in [5, 5.41) is 36.0. The van der Waals surface area contributed by atoms with Gasteiger partial charge in [0.25, 0.3) is 0 Å². The average Bonchev–Trinajstić information content (AvgIpc) is 2.89. The molecular weight excluding hydrogens is 300 g/mol. The fourth-order valence-corrected chi connectivity index (χ4v) is 2.65. The maximum Gasteiger partial charge on any atom is 0.244 e. The number of nitrogens with one attached hydrogen (secondary N) is 1. The first kappa shape index (κ1) is 14.7. The van der Waals surface area contributed by atoms with Gasteiger partial charge < -0.3 is 25.4 Å². The first-order valence-electron chi connectivity index (χ1n) is 6.72. The highest BCUT2D eigenvalue weighted by atomic mass is 16.5. The number of hydrogen-bond acceptors (Lipinski definition) is 7. The maximum absolute atomic E-state index is 10.2. The van der Waals surface area contributed by atoms with Crippen LogP contribution < -0.4 is 10.5 Å². The van der Waals surface area contributed by atoms with Crippen LogP contribution in [0.2, 0.25) is 0 Å². The molecule has 1 aliphatic heterocycles. The van der Waals surface area contributed by atoms with E-state index in [1.54, 1.807) is 0 Å². The van der Waals surface area contributed by atoms with Gasteiger partial charge in [0.2, 0.25) is 11.8 Å². The minimum atomic E-state index is -0.673. The number of hydrogen-bond donors (Lipinski definition) is 4. The van der Waals surface area contributed by atoms with Gasteiger partial charge in [-0.25, -0.2) is 0 Å². The zero-order chi connectivity index (χ0) is 16.6. The molecule has 0 bridgehead atoms. The zero-order valence-corrected chi connectivity index (χ0v) is 12.2. The van der Waals surface area contributed by atoms with E-state index in [-0.39, 0.29) is 35.4 Å². The number of nitrogens with zero attached hydrogens (tertiary/aromatic N) is 2. The Bertz CT molecular complexity index is 834. The molecule has 1 aromatic heterocycles. The minimum Gasteiger partial charge on any atom is -0.508 e. The summed E-state index contributed by atoms with van der Waals surface area (Å²) in [4.78, 5) is 0. The zero-order valence-electron chi connectivity index (χ0n) is 12.2. The van der Waals surface area contributed by atoms with E-state index in [1.165, 1.54) is 25.3 Å². The van der Waals surface area contributed by atoms with E-state index in [0.717, 1.165) is 0 Å². The van der Waals surface area contributed by atoms with Crippen LogP contribution in [0, 0.1) is 11.3 Å². The number of H-pyrrole nitrogens is 1. The highest BCUT2D eigenvalue weighted by Gasteiger charge is 2.36. The predicted molar refractivity (Wildman–Crippen MR) is 78.4 cm³/mol. The average molecular weight is 314 g/mol. The molecule has 1 aliphatic rings. The van der Waals surface area contributed by atoms with Gasteiger partial charge in [-0.15, -0.1) is 5.10 Å². The van der Waals surface area contributed by atoms with Crippen molar-refractivity contribution in [2.45, 2.75) is 12.5 Å². The Morgan fingerprint density at radius 2 is 2.26 bits per heavy atom. The van der Waals surface area contributed by atoms with Crippen molar-refractivity contribution in [2.75, 3.05) is 7.11 Å². The summed E-state index contributed by atoms with van der Waals surface area (Å²) in [7, 11) is 1.53. The molecule has 8 heteroatoms. The Labute approximate surface area is 131 Å². The number of nitriles is 1. The van der Waals surface area contributed by atoms with Crippen molar-refractivity contribution in [3.63, 3.8) is 0 Å². The van der Waals surface area contributed by atoms with Crippen molar-refractivity contribution >= 4 is 0 Å². The van der Waals surface area contributed by atoms with E-state index in [2.05, 4.69) is 10.2 Å². The van der Waals surface area contributed by atoms with Gasteiger partial charge in [0.05, 0.1) is 23.8 Å². The lowest BCUT2D eigenvalue weighted by Gasteiger charge is -2.24. The van der Waals surface area contributed by atoms with E-state index in [0.29, 0.717) is 16.8 Å². The number of methoxy groups -OCH3 is 1. The van der Waals surface area contributed by atoms with E-state index < -0.39 is 5.92 Å². The van der Waals surface area contributed by atoms with Gasteiger partial charge in [0.15, 0.2) is 0 Å². The van der Waals surface area contributed by atoms with E-state index in [9.17, 15) is 15.5 Å². The van der Waals surface area contributed by atoms with Crippen LogP contribution in [-0.4, -0.2) is 27.5 Å². The van der Waals surface area contributed by atoms with Crippen molar-refractivity contribution in [3.8, 4) is 23.4 Å². The molecule has 23 heavy (non-hydrogen) atoms. The van der Waals surface area contributed by atoms with Crippen LogP contribution in [0.3, 0.4) is 0 Å². The first-order chi connectivity index (χ1) is 11.1. The molecule has 1 atom stereocenters. The van der Waals surface area contributed by atoms with Crippen LogP contribution in [0.1, 0.15) is 22.7 Å². The Balaban J connectivity index is 2.24. The Kier molecular flexibility index (Phi) is 3.56. The lowest BCUT2D eigenvalue weighted by Crippen LogP contribution is -2.21. The van der Waals surface area contributed by atoms with Gasteiger partial charge >= 0.3 is 0 Å². The molecule has 118 valence electrons. The fraction of sp³-hybridized carbons (Fsp3) is 0.200. The number of aromatic hydroxyl groups is 2. The van der Waals surface area contributed by atoms with Crippen molar-refractivity contribution in [1.82, 2.24) is 10.2 Å². The molecule has 0 saturated carbocycles. The van der Waals surface area contributed by atoms with Crippen molar-refractivity contribution in [1.29, 1.82) is 5.26 Å². The molecule has 5 N–H and O–H groups in total. The second kappa shape index (κ2) is 5.55. The smallest absolute Gasteiger partial charge is 0.244 e. The third kappa shape index (κ3) is 2.33. The molecule has 3 rings (SSSR count). The summed E-state index contributed by atoms with van der Waals surface area (Å²) in [5.41, 5.74) is 7.55. The monoisotopic (exact) mass is 314 g/mol. The van der Waals surface area contributed by atoms with Crippen molar-refractivity contribution in [3.05, 3.63) is 46.5 Å². The third-order valence-corrected chi connectivity index (χ3v) is 3.63. The number of phenolic OH excluding ortho intramolecular Hbond substituents is 2. The standard InChI is InChI=1S/C15H14N4O4/c1-22-6-10-13-12(8-3-2-7(20)4-11(8)21)9(5-16)14(17)23-15(13)19-18-10/h2-4,12,20-21H,6,17H2,1H3,(H,18,19)/t12-/m0/s1. The molecule has 0 radical (unpaired) electrons. The van der Waals surface area contributed by atoms with Crippen LogP contribution in [0.15, 0.2) is 29.7 Å². The number of phenols is 2. The lowest BCUT2D eigenvalue weighted by atomic mass is 9.83. The van der Waals surface area contributed by atoms with Crippen molar-refractivity contribution < 1.29 is 19.7 Å². The van der Waals surface area contributed by atoms with Gasteiger partial charge in [-0.3, -0.25) is 5.10 Å². The third-order valence-electron chi connectivity index (χ3n) is 3.63. The topological polar surface area (TPSA) is 137 Å². The fourth-order valence-electron chi connectivity index (χ4n) is 2.65. The summed E-state index contributed by atoms with van der Waals surface area (Å²) in [6, 6.07) is 6.17. The minimum absolute atomic E-state index is 0.0760. The van der Waals surface area contributed by atoms with E-state index >= 15 is 0 Å². The highest BCUT2D eigenvalue weighted by Crippen LogP contribution is 2.45. The summed E-state index contributed by atoms with van der Waals surface area (Å²) in [6.07, 6.45) is 0. The molecule has 0 unspecified atom stereocenters. The molecule has 0 saturated heterocycles. The molecule has 1 aromatic carbocycles. The molecule has 0 aliphatic carbocycles. The van der Waals surface area contributed by atoms with Gasteiger partial charge in [-0.1, -0.05) is 6.07 Å². The number of aromatic nitrogens is 2. The number of nitrogens with two attached hydrogens (primary N) is 1. The Morgan fingerprint density at radius 3 is 2.91 bits per heavy atom. The van der Waals surface area contributed by atoms with Crippen LogP contribution >= 0.6 is 0 Å². The largest absolute Gasteiger partial charge is 0.508 e. The number of benzene rings is 1. The second-order valence-corrected chi connectivity index (χ2v) is 5.02. The predicted octanol–water partition coefficient (Wildman–Crippen LogP) is 1.19. The van der Waals surface area contributed by atoms with Crippen LogP contribution in [-0.2, 0) is 11.3 Å². The van der Waals surface area contributed by atoms with Gasteiger partial charge in [-0.05, 0) is 6.07 Å². The summed E-state index contributed by atoms with van der Waals surface area (Å²) < 4.78 is 10.5. The quantitative estimate of drug-likeness (QED) is 0.667. The van der Waals surface area contributed by atoms with E-state index in [4.69, 9.17) is 15.2 Å². The van der Waals surface area contributed by atoms with Crippen LogP contribution in [0.25, 0.3) is 0 Å².